The maximum absolute atomic E-state index is 12.9. The van der Waals surface area contributed by atoms with Gasteiger partial charge in [-0.1, -0.05) is 12.1 Å². The Morgan fingerprint density at radius 1 is 1.21 bits per heavy atom. The zero-order valence-corrected chi connectivity index (χ0v) is 12.6. The van der Waals surface area contributed by atoms with Crippen molar-refractivity contribution in [1.82, 2.24) is 14.5 Å². The van der Waals surface area contributed by atoms with E-state index < -0.39 is 5.91 Å². The molecule has 2 heterocycles. The number of carbonyl (C=O) groups is 2. The van der Waals surface area contributed by atoms with Crippen LogP contribution in [0.1, 0.15) is 26.3 Å². The monoisotopic (exact) mass is 325 g/mol. The molecule has 0 bridgehead atoms. The first-order valence-electron chi connectivity index (χ1n) is 7.17. The van der Waals surface area contributed by atoms with Gasteiger partial charge >= 0.3 is 0 Å². The Balaban J connectivity index is 2.17. The number of aromatic nitrogens is 3. The number of amides is 1. The molecule has 5 N–H and O–H groups in total. The van der Waals surface area contributed by atoms with Crippen LogP contribution in [0.2, 0.25) is 0 Å². The normalized spacial score (nSPS) is 10.9. The molecule has 3 aromatic rings. The Hall–Kier alpha value is -3.26. The van der Waals surface area contributed by atoms with Crippen molar-refractivity contribution in [3.63, 3.8) is 0 Å². The van der Waals surface area contributed by atoms with Gasteiger partial charge in [0.15, 0.2) is 5.78 Å². The van der Waals surface area contributed by atoms with Crippen molar-refractivity contribution in [2.45, 2.75) is 6.54 Å². The third-order valence-corrected chi connectivity index (χ3v) is 3.68. The van der Waals surface area contributed by atoms with E-state index in [0.29, 0.717) is 22.2 Å². The Kier molecular flexibility index (Phi) is 3.97. The van der Waals surface area contributed by atoms with Crippen LogP contribution in [0.5, 0.6) is 0 Å². The quantitative estimate of drug-likeness (QED) is 0.578. The molecule has 8 nitrogen and oxygen atoms in total. The fourth-order valence-corrected chi connectivity index (χ4v) is 2.57. The average Bonchev–Trinajstić information content (AvgIpc) is 2.95. The largest absolute Gasteiger partial charge is 0.395 e. The van der Waals surface area contributed by atoms with Crippen molar-refractivity contribution in [2.24, 2.45) is 5.73 Å². The number of anilines is 1. The minimum atomic E-state index is -0.616. The Labute approximate surface area is 136 Å². The number of aliphatic hydroxyl groups is 1. The summed E-state index contributed by atoms with van der Waals surface area (Å²) in [6, 6.07) is 6.13. The zero-order chi connectivity index (χ0) is 17.3. The van der Waals surface area contributed by atoms with Crippen molar-refractivity contribution >= 4 is 28.5 Å². The predicted molar refractivity (Wildman–Crippen MR) is 87.4 cm³/mol. The highest BCUT2D eigenvalue weighted by molar-refractivity contribution is 6.18. The molecule has 0 aliphatic rings. The first-order valence-corrected chi connectivity index (χ1v) is 7.17. The van der Waals surface area contributed by atoms with Crippen LogP contribution in [-0.4, -0.2) is 37.9 Å². The summed E-state index contributed by atoms with van der Waals surface area (Å²) in [7, 11) is 0. The number of aliphatic hydroxyl groups excluding tert-OH is 1. The maximum Gasteiger partial charge on any atom is 0.248 e. The minimum absolute atomic E-state index is 0.113. The van der Waals surface area contributed by atoms with Crippen LogP contribution >= 0.6 is 0 Å². The Morgan fingerprint density at radius 3 is 2.67 bits per heavy atom. The van der Waals surface area contributed by atoms with E-state index in [1.54, 1.807) is 22.9 Å². The lowest BCUT2D eigenvalue weighted by molar-refractivity contribution is 0.1000. The highest BCUT2D eigenvalue weighted by atomic mass is 16.3. The van der Waals surface area contributed by atoms with Gasteiger partial charge in [-0.3, -0.25) is 9.59 Å². The van der Waals surface area contributed by atoms with E-state index in [-0.39, 0.29) is 30.3 Å². The topological polar surface area (TPSA) is 137 Å². The summed E-state index contributed by atoms with van der Waals surface area (Å²) in [5.41, 5.74) is 12.5. The zero-order valence-electron chi connectivity index (χ0n) is 12.6. The predicted octanol–water partition coefficient (Wildman–Crippen LogP) is 0.336. The second-order valence-corrected chi connectivity index (χ2v) is 5.19. The van der Waals surface area contributed by atoms with Crippen LogP contribution in [-0.2, 0) is 6.54 Å². The van der Waals surface area contributed by atoms with E-state index in [0.717, 1.165) is 0 Å². The summed E-state index contributed by atoms with van der Waals surface area (Å²) in [5, 5.41) is 9.60. The van der Waals surface area contributed by atoms with Gasteiger partial charge in [-0.15, -0.1) is 0 Å². The smallest absolute Gasteiger partial charge is 0.248 e. The van der Waals surface area contributed by atoms with E-state index >= 15 is 0 Å². The van der Waals surface area contributed by atoms with Gasteiger partial charge in [0.05, 0.1) is 17.6 Å². The Bertz CT molecular complexity index is 948. The first-order chi connectivity index (χ1) is 11.5. The molecule has 1 aromatic carbocycles. The van der Waals surface area contributed by atoms with Gasteiger partial charge in [-0.05, 0) is 12.1 Å². The molecular weight excluding hydrogens is 310 g/mol. The lowest BCUT2D eigenvalue weighted by Gasteiger charge is -2.02. The number of primary amides is 1. The molecule has 0 atom stereocenters. The number of fused-ring (bicyclic) bond motifs is 1. The van der Waals surface area contributed by atoms with Gasteiger partial charge in [0.1, 0.15) is 17.8 Å². The molecule has 0 aliphatic carbocycles. The number of hydrogen-bond acceptors (Lipinski definition) is 6. The summed E-state index contributed by atoms with van der Waals surface area (Å²) in [5.74, 6) is -0.775. The summed E-state index contributed by atoms with van der Waals surface area (Å²) in [6.07, 6.45) is 2.87. The van der Waals surface area contributed by atoms with Crippen LogP contribution in [0.3, 0.4) is 0 Å². The van der Waals surface area contributed by atoms with Gasteiger partial charge in [0, 0.05) is 23.9 Å². The molecule has 0 saturated heterocycles. The SMILES string of the molecule is NC(=O)c1cccc(C(=O)c2cn(CCO)c3ncnc(N)c23)c1. The average molecular weight is 325 g/mol. The van der Waals surface area contributed by atoms with E-state index in [4.69, 9.17) is 11.5 Å². The van der Waals surface area contributed by atoms with Gasteiger partial charge in [0.2, 0.25) is 5.91 Å². The molecule has 0 radical (unpaired) electrons. The highest BCUT2D eigenvalue weighted by Crippen LogP contribution is 2.26. The van der Waals surface area contributed by atoms with Crippen molar-refractivity contribution in [1.29, 1.82) is 0 Å². The lowest BCUT2D eigenvalue weighted by atomic mass is 10.0. The van der Waals surface area contributed by atoms with Gasteiger partial charge in [-0.25, -0.2) is 9.97 Å². The summed E-state index contributed by atoms with van der Waals surface area (Å²) >= 11 is 0. The molecule has 0 saturated carbocycles. The molecule has 0 aliphatic heterocycles. The molecule has 1 amide bonds. The van der Waals surface area contributed by atoms with Crippen LogP contribution in [0.4, 0.5) is 5.82 Å². The fraction of sp³-hybridized carbons (Fsp3) is 0.125. The summed E-state index contributed by atoms with van der Waals surface area (Å²) in [6.45, 7) is 0.153. The fourth-order valence-electron chi connectivity index (χ4n) is 2.57. The van der Waals surface area contributed by atoms with E-state index in [1.165, 1.54) is 18.5 Å². The second-order valence-electron chi connectivity index (χ2n) is 5.19. The van der Waals surface area contributed by atoms with Gasteiger partial charge in [0.25, 0.3) is 0 Å². The number of rotatable bonds is 5. The number of hydrogen-bond donors (Lipinski definition) is 3. The van der Waals surface area contributed by atoms with E-state index in [1.807, 2.05) is 0 Å². The molecule has 2 aromatic heterocycles. The molecule has 3 rings (SSSR count). The minimum Gasteiger partial charge on any atom is -0.395 e. The third kappa shape index (κ3) is 2.59. The molecule has 8 heteroatoms. The van der Waals surface area contributed by atoms with Crippen LogP contribution in [0.25, 0.3) is 11.0 Å². The number of ketones is 1. The van der Waals surface area contributed by atoms with Crippen LogP contribution in [0, 0.1) is 0 Å². The number of nitrogen functional groups attached to an aromatic ring is 1. The second kappa shape index (κ2) is 6.09. The lowest BCUT2D eigenvalue weighted by Crippen LogP contribution is -2.12. The van der Waals surface area contributed by atoms with Crippen LogP contribution in [0.15, 0.2) is 36.8 Å². The molecule has 122 valence electrons. The maximum atomic E-state index is 12.9. The molecule has 24 heavy (non-hydrogen) atoms. The van der Waals surface area contributed by atoms with Crippen molar-refractivity contribution in [3.05, 3.63) is 53.5 Å². The Morgan fingerprint density at radius 2 is 1.96 bits per heavy atom. The number of nitrogens with zero attached hydrogens (tertiary/aromatic N) is 3. The summed E-state index contributed by atoms with van der Waals surface area (Å²) in [4.78, 5) is 32.2. The third-order valence-electron chi connectivity index (χ3n) is 3.68. The van der Waals surface area contributed by atoms with Crippen LogP contribution < -0.4 is 11.5 Å². The van der Waals surface area contributed by atoms with E-state index in [2.05, 4.69) is 9.97 Å². The van der Waals surface area contributed by atoms with Crippen molar-refractivity contribution in [3.8, 4) is 0 Å². The standard InChI is InChI=1S/C16H15N5O3/c17-14-12-11(7-21(4-5-22)16(12)20-8-19-14)13(23)9-2-1-3-10(6-9)15(18)24/h1-3,6-8,22H,4-5H2,(H2,18,24)(H2,17,19,20). The molecule has 0 fully saturated rings. The first kappa shape index (κ1) is 15.6. The van der Waals surface area contributed by atoms with Gasteiger partial charge < -0.3 is 21.1 Å². The van der Waals surface area contributed by atoms with Crippen molar-refractivity contribution < 1.29 is 14.7 Å². The number of nitrogens with two attached hydrogens (primary N) is 2. The van der Waals surface area contributed by atoms with Gasteiger partial charge in [-0.2, -0.15) is 0 Å². The molecule has 0 spiro atoms. The molecular formula is C16H15N5O3. The number of carbonyl (C=O) groups excluding carboxylic acids is 2. The molecule has 0 unspecified atom stereocenters. The number of benzene rings is 1. The van der Waals surface area contributed by atoms with E-state index in [9.17, 15) is 14.7 Å². The van der Waals surface area contributed by atoms with Crippen molar-refractivity contribution in [2.75, 3.05) is 12.3 Å². The highest BCUT2D eigenvalue weighted by Gasteiger charge is 2.20. The summed E-state index contributed by atoms with van der Waals surface area (Å²) < 4.78 is 1.64.